The smallest absolute Gasteiger partial charge is 0.374 e. The van der Waals surface area contributed by atoms with Crippen molar-refractivity contribution >= 4 is 22.7 Å². The fourth-order valence-electron chi connectivity index (χ4n) is 2.08. The molecule has 0 atom stereocenters. The Morgan fingerprint density at radius 2 is 2.14 bits per heavy atom. The van der Waals surface area contributed by atoms with E-state index in [-0.39, 0.29) is 5.82 Å². The molecular formula is C15H17N3O3. The Balaban J connectivity index is 1.70. The molecule has 2 aromatic rings. The molecule has 1 aromatic carbocycles. The van der Waals surface area contributed by atoms with E-state index in [1.54, 1.807) is 6.07 Å². The van der Waals surface area contributed by atoms with Crippen molar-refractivity contribution in [2.24, 2.45) is 5.92 Å². The van der Waals surface area contributed by atoms with Gasteiger partial charge in [-0.25, -0.2) is 14.8 Å². The number of anilines is 1. The third kappa shape index (κ3) is 3.46. The van der Waals surface area contributed by atoms with Gasteiger partial charge >= 0.3 is 5.97 Å². The van der Waals surface area contributed by atoms with E-state index < -0.39 is 5.97 Å². The van der Waals surface area contributed by atoms with Crippen molar-refractivity contribution in [1.29, 1.82) is 0 Å². The molecule has 21 heavy (non-hydrogen) atoms. The Hall–Kier alpha value is -2.21. The maximum Gasteiger partial charge on any atom is 0.374 e. The molecule has 6 nitrogen and oxygen atoms in total. The molecule has 1 heterocycles. The summed E-state index contributed by atoms with van der Waals surface area (Å²) < 4.78 is 5.55. The van der Waals surface area contributed by atoms with Gasteiger partial charge in [0.1, 0.15) is 5.82 Å². The van der Waals surface area contributed by atoms with E-state index in [1.807, 2.05) is 18.2 Å². The predicted molar refractivity (Wildman–Crippen MR) is 78.5 cm³/mol. The Morgan fingerprint density at radius 1 is 1.33 bits per heavy atom. The lowest BCUT2D eigenvalue weighted by Gasteiger charge is -2.09. The summed E-state index contributed by atoms with van der Waals surface area (Å²) >= 11 is 0. The number of rotatable bonds is 7. The van der Waals surface area contributed by atoms with E-state index in [0.29, 0.717) is 24.5 Å². The first kappa shape index (κ1) is 13.8. The molecule has 1 saturated carbocycles. The highest BCUT2D eigenvalue weighted by Crippen LogP contribution is 2.28. The van der Waals surface area contributed by atoms with Crippen molar-refractivity contribution < 1.29 is 14.6 Å². The number of nitrogens with zero attached hydrogens (tertiary/aromatic N) is 2. The number of aromatic carboxylic acids is 1. The molecule has 6 heteroatoms. The van der Waals surface area contributed by atoms with Crippen molar-refractivity contribution in [3.05, 3.63) is 30.1 Å². The first-order valence-corrected chi connectivity index (χ1v) is 7.06. The molecule has 1 aliphatic carbocycles. The minimum Gasteiger partial charge on any atom is -0.475 e. The topological polar surface area (TPSA) is 84.3 Å². The van der Waals surface area contributed by atoms with E-state index in [2.05, 4.69) is 15.3 Å². The van der Waals surface area contributed by atoms with Crippen molar-refractivity contribution in [3.8, 4) is 0 Å². The fraction of sp³-hybridized carbons (Fsp3) is 0.400. The molecule has 3 rings (SSSR count). The average Bonchev–Trinajstić information content (AvgIpc) is 3.30. The number of nitrogens with one attached hydrogen (secondary N) is 1. The van der Waals surface area contributed by atoms with Crippen LogP contribution < -0.4 is 5.32 Å². The Morgan fingerprint density at radius 3 is 2.90 bits per heavy atom. The Bertz CT molecular complexity index is 656. The molecule has 0 amide bonds. The zero-order chi connectivity index (χ0) is 14.7. The van der Waals surface area contributed by atoms with Crippen LogP contribution in [-0.2, 0) is 4.74 Å². The minimum atomic E-state index is -1.13. The van der Waals surface area contributed by atoms with Crippen molar-refractivity contribution in [2.75, 3.05) is 25.1 Å². The summed E-state index contributed by atoms with van der Waals surface area (Å²) in [6.07, 6.45) is 2.54. The van der Waals surface area contributed by atoms with Gasteiger partial charge in [-0.15, -0.1) is 0 Å². The van der Waals surface area contributed by atoms with Gasteiger partial charge in [0.05, 0.1) is 12.1 Å². The number of fused-ring (bicyclic) bond motifs is 1. The maximum absolute atomic E-state index is 11.1. The quantitative estimate of drug-likeness (QED) is 0.759. The van der Waals surface area contributed by atoms with Gasteiger partial charge in [-0.1, -0.05) is 12.1 Å². The number of carboxylic acid groups (broad SMARTS) is 1. The lowest BCUT2D eigenvalue weighted by Crippen LogP contribution is -2.14. The zero-order valence-electron chi connectivity index (χ0n) is 11.6. The Labute approximate surface area is 122 Å². The molecule has 0 unspecified atom stereocenters. The highest BCUT2D eigenvalue weighted by atomic mass is 16.5. The van der Waals surface area contributed by atoms with Crippen molar-refractivity contribution in [2.45, 2.75) is 12.8 Å². The number of para-hydroxylation sites is 1. The standard InChI is InChI=1S/C15H17N3O3/c19-15(20)14-17-12-4-2-1-3-11(12)13(18-14)16-7-8-21-9-10-5-6-10/h1-4,10H,5-9H2,(H,19,20)(H,16,17,18). The number of carboxylic acids is 1. The number of carbonyl (C=O) groups is 1. The van der Waals surface area contributed by atoms with Gasteiger partial charge in [0, 0.05) is 18.5 Å². The summed E-state index contributed by atoms with van der Waals surface area (Å²) in [5, 5.41) is 13.0. The van der Waals surface area contributed by atoms with Crippen LogP contribution in [0.5, 0.6) is 0 Å². The summed E-state index contributed by atoms with van der Waals surface area (Å²) in [5.74, 6) is -0.0552. The number of hydrogen-bond donors (Lipinski definition) is 2. The van der Waals surface area contributed by atoms with Crippen LogP contribution in [0.15, 0.2) is 24.3 Å². The predicted octanol–water partition coefficient (Wildman–Crippen LogP) is 2.17. The van der Waals surface area contributed by atoms with Gasteiger partial charge in [-0.3, -0.25) is 0 Å². The molecule has 0 spiro atoms. The Kier molecular flexibility index (Phi) is 3.96. The second kappa shape index (κ2) is 6.05. The van der Waals surface area contributed by atoms with Crippen LogP contribution in [0.4, 0.5) is 5.82 Å². The van der Waals surface area contributed by atoms with Gasteiger partial charge in [0.25, 0.3) is 0 Å². The molecule has 0 aliphatic heterocycles. The second-order valence-corrected chi connectivity index (χ2v) is 5.16. The molecule has 1 aromatic heterocycles. The molecule has 0 radical (unpaired) electrons. The molecular weight excluding hydrogens is 270 g/mol. The van der Waals surface area contributed by atoms with Crippen molar-refractivity contribution in [3.63, 3.8) is 0 Å². The zero-order valence-corrected chi connectivity index (χ0v) is 11.6. The van der Waals surface area contributed by atoms with Crippen LogP contribution in [0.2, 0.25) is 0 Å². The average molecular weight is 287 g/mol. The number of aromatic nitrogens is 2. The third-order valence-corrected chi connectivity index (χ3v) is 3.38. The number of ether oxygens (including phenoxy) is 1. The molecule has 1 fully saturated rings. The van der Waals surface area contributed by atoms with E-state index in [4.69, 9.17) is 9.84 Å². The highest BCUT2D eigenvalue weighted by Gasteiger charge is 2.20. The summed E-state index contributed by atoms with van der Waals surface area (Å²) in [6.45, 7) is 1.98. The maximum atomic E-state index is 11.1. The second-order valence-electron chi connectivity index (χ2n) is 5.16. The van der Waals surface area contributed by atoms with Gasteiger partial charge in [0.2, 0.25) is 5.82 Å². The highest BCUT2D eigenvalue weighted by molar-refractivity contribution is 5.93. The van der Waals surface area contributed by atoms with Gasteiger partial charge in [-0.2, -0.15) is 0 Å². The van der Waals surface area contributed by atoms with Crippen LogP contribution in [0, 0.1) is 5.92 Å². The van der Waals surface area contributed by atoms with E-state index in [0.717, 1.165) is 17.9 Å². The van der Waals surface area contributed by atoms with Crippen LogP contribution in [0.1, 0.15) is 23.5 Å². The summed E-state index contributed by atoms with van der Waals surface area (Å²) in [4.78, 5) is 19.2. The summed E-state index contributed by atoms with van der Waals surface area (Å²) in [7, 11) is 0. The summed E-state index contributed by atoms with van der Waals surface area (Å²) in [6, 6.07) is 7.34. The minimum absolute atomic E-state index is 0.199. The first-order chi connectivity index (χ1) is 10.2. The van der Waals surface area contributed by atoms with E-state index >= 15 is 0 Å². The largest absolute Gasteiger partial charge is 0.475 e. The molecule has 0 saturated heterocycles. The van der Waals surface area contributed by atoms with Crippen molar-refractivity contribution in [1.82, 2.24) is 9.97 Å². The molecule has 1 aliphatic rings. The van der Waals surface area contributed by atoms with E-state index in [1.165, 1.54) is 12.8 Å². The molecule has 0 bridgehead atoms. The van der Waals surface area contributed by atoms with Gasteiger partial charge < -0.3 is 15.2 Å². The van der Waals surface area contributed by atoms with Gasteiger partial charge in [-0.05, 0) is 30.9 Å². The van der Waals surface area contributed by atoms with Crippen LogP contribution >= 0.6 is 0 Å². The monoisotopic (exact) mass is 287 g/mol. The summed E-state index contributed by atoms with van der Waals surface area (Å²) in [5.41, 5.74) is 0.617. The first-order valence-electron chi connectivity index (χ1n) is 7.06. The van der Waals surface area contributed by atoms with Crippen LogP contribution in [-0.4, -0.2) is 40.8 Å². The van der Waals surface area contributed by atoms with Crippen LogP contribution in [0.3, 0.4) is 0 Å². The normalized spacial score (nSPS) is 14.3. The number of benzene rings is 1. The lowest BCUT2D eigenvalue weighted by molar-refractivity contribution is 0.0684. The number of hydrogen-bond acceptors (Lipinski definition) is 5. The van der Waals surface area contributed by atoms with E-state index in [9.17, 15) is 4.79 Å². The van der Waals surface area contributed by atoms with Gasteiger partial charge in [0.15, 0.2) is 0 Å². The fourth-order valence-corrected chi connectivity index (χ4v) is 2.08. The third-order valence-electron chi connectivity index (χ3n) is 3.38. The molecule has 2 N–H and O–H groups in total. The molecule has 110 valence electrons. The van der Waals surface area contributed by atoms with Crippen LogP contribution in [0.25, 0.3) is 10.9 Å². The SMILES string of the molecule is O=C(O)c1nc(NCCOCC2CC2)c2ccccc2n1. The lowest BCUT2D eigenvalue weighted by atomic mass is 10.2.